The van der Waals surface area contributed by atoms with Gasteiger partial charge in [-0.05, 0) is 57.2 Å². The molecule has 0 N–H and O–H groups in total. The van der Waals surface area contributed by atoms with Gasteiger partial charge in [0.15, 0.2) is 11.5 Å². The van der Waals surface area contributed by atoms with Crippen LogP contribution in [0.5, 0.6) is 0 Å². The number of alkyl halides is 3. The number of para-hydroxylation sites is 2. The lowest BCUT2D eigenvalue weighted by Crippen LogP contribution is -2.07. The molecule has 0 bridgehead atoms. The first-order chi connectivity index (χ1) is 13.2. The lowest BCUT2D eigenvalue weighted by atomic mass is 10.2. The van der Waals surface area contributed by atoms with Gasteiger partial charge in [-0.2, -0.15) is 13.2 Å². The number of rotatable bonds is 5. The third-order valence-electron chi connectivity index (χ3n) is 3.96. The van der Waals surface area contributed by atoms with Crippen LogP contribution < -0.4 is 0 Å². The molecule has 0 unspecified atom stereocenters. The summed E-state index contributed by atoms with van der Waals surface area (Å²) in [7, 11) is 0. The van der Waals surface area contributed by atoms with Crippen LogP contribution in [0.2, 0.25) is 0 Å². The summed E-state index contributed by atoms with van der Waals surface area (Å²) in [5.74, 6) is 0.184. The van der Waals surface area contributed by atoms with Gasteiger partial charge in [0, 0.05) is 6.04 Å². The van der Waals surface area contributed by atoms with Crippen molar-refractivity contribution in [3.05, 3.63) is 57.8 Å². The van der Waals surface area contributed by atoms with Crippen molar-refractivity contribution in [1.29, 1.82) is 0 Å². The molecule has 0 saturated carbocycles. The van der Waals surface area contributed by atoms with Crippen molar-refractivity contribution < 1.29 is 18.0 Å². The van der Waals surface area contributed by atoms with Gasteiger partial charge in [0.2, 0.25) is 0 Å². The fourth-order valence-corrected chi connectivity index (χ4v) is 3.70. The number of halogens is 3. The molecule has 0 spiro atoms. The maximum Gasteiger partial charge on any atom is 0.434 e. The fraction of sp³-hybridized carbons (Fsp3) is 0.250. The van der Waals surface area contributed by atoms with E-state index in [9.17, 15) is 18.0 Å². The average molecular weight is 405 g/mol. The maximum atomic E-state index is 13.0. The van der Waals surface area contributed by atoms with Crippen molar-refractivity contribution in [3.8, 4) is 0 Å². The van der Waals surface area contributed by atoms with E-state index in [0.717, 1.165) is 34.5 Å². The summed E-state index contributed by atoms with van der Waals surface area (Å²) in [4.78, 5) is 20.1. The smallest absolute Gasteiger partial charge is 0.322 e. The van der Waals surface area contributed by atoms with Gasteiger partial charge in [0.25, 0.3) is 0 Å². The van der Waals surface area contributed by atoms with Crippen molar-refractivity contribution in [1.82, 2.24) is 14.5 Å². The normalized spacial score (nSPS) is 12.8. The zero-order valence-electron chi connectivity index (χ0n) is 15.5. The Balaban J connectivity index is 1.85. The molecule has 3 rings (SSSR count). The number of hydrogen-bond donors (Lipinski definition) is 0. The standard InChI is InChI=1S/C20H18F3N3OS/c1-12(2)26-16-7-5-4-6-15(16)25-18(26)11-9-14(27)8-10-17-19(20(21,22)23)24-13(3)28-17/h4-12H,1-3H3/b10-8+,11-9+. The molecule has 146 valence electrons. The Labute approximate surface area is 164 Å². The van der Waals surface area contributed by atoms with Gasteiger partial charge in [0.1, 0.15) is 5.82 Å². The minimum Gasteiger partial charge on any atom is -0.322 e. The molecule has 3 aromatic rings. The Bertz CT molecular complexity index is 1070. The number of allylic oxidation sites excluding steroid dienone is 2. The fourth-order valence-electron chi connectivity index (χ4n) is 2.85. The third-order valence-corrected chi connectivity index (χ3v) is 4.90. The van der Waals surface area contributed by atoms with Gasteiger partial charge in [-0.1, -0.05) is 12.1 Å². The lowest BCUT2D eigenvalue weighted by molar-refractivity contribution is -0.140. The molecule has 0 atom stereocenters. The largest absolute Gasteiger partial charge is 0.434 e. The van der Waals surface area contributed by atoms with E-state index in [0.29, 0.717) is 10.8 Å². The Hall–Kier alpha value is -2.74. The van der Waals surface area contributed by atoms with Crippen molar-refractivity contribution >= 4 is 40.3 Å². The molecule has 2 heterocycles. The Morgan fingerprint density at radius 1 is 1.14 bits per heavy atom. The van der Waals surface area contributed by atoms with Crippen LogP contribution in [0.4, 0.5) is 13.2 Å². The highest BCUT2D eigenvalue weighted by Crippen LogP contribution is 2.34. The zero-order valence-corrected chi connectivity index (χ0v) is 16.3. The van der Waals surface area contributed by atoms with Gasteiger partial charge < -0.3 is 4.57 Å². The highest BCUT2D eigenvalue weighted by molar-refractivity contribution is 7.12. The number of fused-ring (bicyclic) bond motifs is 1. The van der Waals surface area contributed by atoms with Crippen molar-refractivity contribution in [3.63, 3.8) is 0 Å². The van der Waals surface area contributed by atoms with E-state index < -0.39 is 17.7 Å². The first-order valence-corrected chi connectivity index (χ1v) is 9.40. The minimum atomic E-state index is -4.55. The van der Waals surface area contributed by atoms with E-state index in [-0.39, 0.29) is 10.9 Å². The number of nitrogens with zero attached hydrogens (tertiary/aromatic N) is 3. The van der Waals surface area contributed by atoms with E-state index in [1.54, 1.807) is 6.08 Å². The molecule has 28 heavy (non-hydrogen) atoms. The molecular weight excluding hydrogens is 387 g/mol. The molecule has 0 radical (unpaired) electrons. The number of carbonyl (C=O) groups excluding carboxylic acids is 1. The molecule has 0 fully saturated rings. The maximum absolute atomic E-state index is 13.0. The number of hydrogen-bond acceptors (Lipinski definition) is 4. The molecule has 0 aliphatic carbocycles. The third kappa shape index (κ3) is 4.22. The van der Waals surface area contributed by atoms with Crippen LogP contribution in [-0.2, 0) is 11.0 Å². The number of imidazole rings is 1. The first-order valence-electron chi connectivity index (χ1n) is 8.58. The number of carbonyl (C=O) groups is 1. The van der Waals surface area contributed by atoms with E-state index in [1.807, 2.05) is 42.7 Å². The molecule has 0 saturated heterocycles. The Morgan fingerprint density at radius 2 is 1.82 bits per heavy atom. The summed E-state index contributed by atoms with van der Waals surface area (Å²) in [6.07, 6.45) is 0.602. The van der Waals surface area contributed by atoms with Crippen LogP contribution in [0.25, 0.3) is 23.2 Å². The van der Waals surface area contributed by atoms with Crippen LogP contribution in [0.1, 0.15) is 41.3 Å². The Kier molecular flexibility index (Phi) is 5.51. The topological polar surface area (TPSA) is 47.8 Å². The predicted molar refractivity (Wildman–Crippen MR) is 105 cm³/mol. The molecule has 8 heteroatoms. The molecule has 0 amide bonds. The number of benzene rings is 1. The quantitative estimate of drug-likeness (QED) is 0.512. The number of thiazole rings is 1. The van der Waals surface area contributed by atoms with E-state index >= 15 is 0 Å². The molecule has 0 aliphatic rings. The average Bonchev–Trinajstić information content (AvgIpc) is 3.17. The summed E-state index contributed by atoms with van der Waals surface area (Å²) in [5, 5.41) is 0.292. The first kappa shape index (κ1) is 20.0. The van der Waals surface area contributed by atoms with Crippen LogP contribution >= 0.6 is 11.3 Å². The monoisotopic (exact) mass is 405 g/mol. The lowest BCUT2D eigenvalue weighted by Gasteiger charge is -2.10. The summed E-state index contributed by atoms with van der Waals surface area (Å²) in [6.45, 7) is 5.52. The second-order valence-corrected chi connectivity index (χ2v) is 7.67. The number of aryl methyl sites for hydroxylation is 1. The van der Waals surface area contributed by atoms with Crippen LogP contribution in [-0.4, -0.2) is 20.3 Å². The summed E-state index contributed by atoms with van der Waals surface area (Å²) < 4.78 is 40.9. The highest BCUT2D eigenvalue weighted by atomic mass is 32.1. The van der Waals surface area contributed by atoms with Crippen molar-refractivity contribution in [2.24, 2.45) is 0 Å². The van der Waals surface area contributed by atoms with E-state index in [1.165, 1.54) is 13.0 Å². The second kappa shape index (κ2) is 7.71. The summed E-state index contributed by atoms with van der Waals surface area (Å²) in [5.41, 5.74) is 0.800. The zero-order chi connectivity index (χ0) is 20.5. The minimum absolute atomic E-state index is 0.0823. The van der Waals surface area contributed by atoms with E-state index in [4.69, 9.17) is 0 Å². The van der Waals surface area contributed by atoms with Gasteiger partial charge >= 0.3 is 6.18 Å². The highest BCUT2D eigenvalue weighted by Gasteiger charge is 2.36. The van der Waals surface area contributed by atoms with Gasteiger partial charge in [0.05, 0.1) is 20.9 Å². The number of aromatic nitrogens is 3. The molecule has 0 aliphatic heterocycles. The van der Waals surface area contributed by atoms with Crippen molar-refractivity contribution in [2.75, 3.05) is 0 Å². The van der Waals surface area contributed by atoms with Gasteiger partial charge in [-0.25, -0.2) is 9.97 Å². The number of ketones is 1. The Morgan fingerprint density at radius 3 is 2.50 bits per heavy atom. The molecule has 2 aromatic heterocycles. The molecule has 4 nitrogen and oxygen atoms in total. The molecular formula is C20H18F3N3OS. The summed E-state index contributed by atoms with van der Waals surface area (Å²) >= 11 is 0.896. The van der Waals surface area contributed by atoms with Crippen LogP contribution in [0.3, 0.4) is 0 Å². The second-order valence-electron chi connectivity index (χ2n) is 6.44. The van der Waals surface area contributed by atoms with E-state index in [2.05, 4.69) is 9.97 Å². The van der Waals surface area contributed by atoms with Gasteiger partial charge in [-0.3, -0.25) is 4.79 Å². The molecule has 1 aromatic carbocycles. The predicted octanol–water partition coefficient (Wildman–Crippen LogP) is 5.70. The van der Waals surface area contributed by atoms with Crippen molar-refractivity contribution in [2.45, 2.75) is 33.0 Å². The van der Waals surface area contributed by atoms with Crippen LogP contribution in [0, 0.1) is 6.92 Å². The summed E-state index contributed by atoms with van der Waals surface area (Å²) in [6, 6.07) is 7.77. The SMILES string of the molecule is Cc1nc(C(F)(F)F)c(/C=C/C(=O)/C=C/c2nc3ccccc3n2C(C)C)s1. The van der Waals surface area contributed by atoms with Crippen LogP contribution in [0.15, 0.2) is 36.4 Å². The van der Waals surface area contributed by atoms with Gasteiger partial charge in [-0.15, -0.1) is 11.3 Å².